The number of nitrogens with one attached hydrogen (secondary N) is 1. The molecule has 2 aromatic rings. The number of rotatable bonds is 1. The van der Waals surface area contributed by atoms with Crippen molar-refractivity contribution in [3.63, 3.8) is 0 Å². The Hall–Kier alpha value is -2.70. The zero-order valence-electron chi connectivity index (χ0n) is 14.7. The third-order valence-electron chi connectivity index (χ3n) is 4.06. The molecule has 0 aliphatic carbocycles. The maximum atomic E-state index is 12.7. The second-order valence-electron chi connectivity index (χ2n) is 6.07. The van der Waals surface area contributed by atoms with Gasteiger partial charge in [-0.1, -0.05) is 29.3 Å². The summed E-state index contributed by atoms with van der Waals surface area (Å²) in [6.45, 7) is 0.481. The number of halogens is 2. The predicted octanol–water partition coefficient (Wildman–Crippen LogP) is 3.75. The molecule has 0 saturated heterocycles. The first-order chi connectivity index (χ1) is 13.4. The molecule has 0 radical (unpaired) electrons. The molecule has 0 fully saturated rings. The van der Waals surface area contributed by atoms with E-state index in [1.165, 1.54) is 6.07 Å². The van der Waals surface area contributed by atoms with Crippen molar-refractivity contribution >= 4 is 35.1 Å². The number of carboxylic acids is 1. The van der Waals surface area contributed by atoms with Gasteiger partial charge in [0.15, 0.2) is 0 Å². The molecule has 2 bridgehead atoms. The summed E-state index contributed by atoms with van der Waals surface area (Å²) in [6, 6.07) is 8.45. The van der Waals surface area contributed by atoms with E-state index in [1.54, 1.807) is 42.5 Å². The van der Waals surface area contributed by atoms with Crippen LogP contribution in [0.5, 0.6) is 11.5 Å². The number of aliphatic carboxylic acids is 1. The largest absolute Gasteiger partial charge is 0.489 e. The molecule has 2 heterocycles. The molecule has 146 valence electrons. The number of carbonyl (C=O) groups excluding carboxylic acids is 1. The van der Waals surface area contributed by atoms with Gasteiger partial charge in [0.1, 0.15) is 30.8 Å². The van der Waals surface area contributed by atoms with Gasteiger partial charge >= 0.3 is 5.97 Å². The summed E-state index contributed by atoms with van der Waals surface area (Å²) in [5, 5.41) is 12.8. The van der Waals surface area contributed by atoms with Gasteiger partial charge in [0.05, 0.1) is 10.6 Å². The Morgan fingerprint density at radius 3 is 2.39 bits per heavy atom. The maximum Gasteiger partial charge on any atom is 0.326 e. The monoisotopic (exact) mass is 421 g/mol. The SMILES string of the molecule is O=C1N[C@H](C(=O)O)Cc2ccc(c(Cl)c2)OCC=CCOc2ccc(Cl)cc21. The number of fused-ring (bicyclic) bond motifs is 9. The van der Waals surface area contributed by atoms with Crippen molar-refractivity contribution in [1.82, 2.24) is 5.32 Å². The molecular formula is C20H17Cl2NO5. The molecule has 4 rings (SSSR count). The quantitative estimate of drug-likeness (QED) is 0.684. The standard InChI is InChI=1S/C20H17Cl2NO5/c21-13-4-6-17-14(11-13)19(24)23-16(20(25)26)10-12-3-5-18(15(22)9-12)28-8-2-1-7-27-17/h1-6,9,11,16H,7-8,10H2,(H,23,24)(H,25,26)/t16-/m0/s1. The molecule has 2 aromatic carbocycles. The first kappa shape index (κ1) is 20.0. The third-order valence-corrected chi connectivity index (χ3v) is 4.59. The van der Waals surface area contributed by atoms with Gasteiger partial charge in [-0.3, -0.25) is 4.79 Å². The molecule has 2 aliphatic heterocycles. The van der Waals surface area contributed by atoms with Gasteiger partial charge in [-0.25, -0.2) is 4.79 Å². The van der Waals surface area contributed by atoms with Gasteiger partial charge in [0.2, 0.25) is 0 Å². The number of hydrogen-bond donors (Lipinski definition) is 2. The summed E-state index contributed by atoms with van der Waals surface area (Å²) in [5.41, 5.74) is 0.805. The van der Waals surface area contributed by atoms with Gasteiger partial charge in [-0.2, -0.15) is 0 Å². The van der Waals surface area contributed by atoms with E-state index < -0.39 is 17.9 Å². The van der Waals surface area contributed by atoms with Crippen LogP contribution in [-0.2, 0) is 11.2 Å². The van der Waals surface area contributed by atoms with Gasteiger partial charge in [-0.05, 0) is 48.0 Å². The number of benzene rings is 2. The Bertz CT molecular complexity index is 929. The molecule has 6 nitrogen and oxygen atoms in total. The van der Waals surface area contributed by atoms with Crippen LogP contribution in [0, 0.1) is 0 Å². The Morgan fingerprint density at radius 2 is 1.71 bits per heavy atom. The summed E-state index contributed by atoms with van der Waals surface area (Å²) in [4.78, 5) is 24.4. The van der Waals surface area contributed by atoms with Crippen LogP contribution in [0.1, 0.15) is 15.9 Å². The highest BCUT2D eigenvalue weighted by Gasteiger charge is 2.23. The number of carbonyl (C=O) groups is 2. The van der Waals surface area contributed by atoms with Crippen molar-refractivity contribution in [2.75, 3.05) is 13.2 Å². The van der Waals surface area contributed by atoms with Crippen LogP contribution >= 0.6 is 23.2 Å². The molecule has 1 atom stereocenters. The highest BCUT2D eigenvalue weighted by Crippen LogP contribution is 2.27. The number of carboxylic acid groups (broad SMARTS) is 1. The lowest BCUT2D eigenvalue weighted by atomic mass is 10.0. The summed E-state index contributed by atoms with van der Waals surface area (Å²) in [5.74, 6) is -0.973. The van der Waals surface area contributed by atoms with Gasteiger partial charge in [0.25, 0.3) is 5.91 Å². The van der Waals surface area contributed by atoms with Crippen LogP contribution in [0.25, 0.3) is 0 Å². The summed E-state index contributed by atoms with van der Waals surface area (Å²) in [7, 11) is 0. The summed E-state index contributed by atoms with van der Waals surface area (Å²) in [6.07, 6.45) is 3.56. The van der Waals surface area contributed by atoms with Crippen LogP contribution < -0.4 is 14.8 Å². The Labute approximate surface area is 171 Å². The molecule has 0 aromatic heterocycles. The molecule has 2 aliphatic rings. The van der Waals surface area contributed by atoms with Crippen LogP contribution in [-0.4, -0.2) is 36.2 Å². The fourth-order valence-electron chi connectivity index (χ4n) is 2.68. The van der Waals surface area contributed by atoms with E-state index in [2.05, 4.69) is 5.32 Å². The zero-order chi connectivity index (χ0) is 20.1. The fraction of sp³-hybridized carbons (Fsp3) is 0.200. The number of hydrogen-bond acceptors (Lipinski definition) is 4. The van der Waals surface area contributed by atoms with Gasteiger partial charge < -0.3 is 19.9 Å². The van der Waals surface area contributed by atoms with E-state index >= 15 is 0 Å². The van der Waals surface area contributed by atoms with Crippen LogP contribution in [0.2, 0.25) is 10.0 Å². The Balaban J connectivity index is 1.96. The smallest absolute Gasteiger partial charge is 0.326 e. The van der Waals surface area contributed by atoms with Crippen molar-refractivity contribution < 1.29 is 24.2 Å². The minimum absolute atomic E-state index is 0.0533. The number of amides is 1. The molecular weight excluding hydrogens is 405 g/mol. The normalized spacial score (nSPS) is 17.2. The molecule has 0 unspecified atom stereocenters. The summed E-state index contributed by atoms with van der Waals surface area (Å²) >= 11 is 12.2. The summed E-state index contributed by atoms with van der Waals surface area (Å²) < 4.78 is 11.2. The van der Waals surface area contributed by atoms with Crippen molar-refractivity contribution in [3.05, 3.63) is 69.7 Å². The fourth-order valence-corrected chi connectivity index (χ4v) is 3.11. The average Bonchev–Trinajstić information content (AvgIpc) is 2.65. The maximum absolute atomic E-state index is 12.7. The predicted molar refractivity (Wildman–Crippen MR) is 106 cm³/mol. The van der Waals surface area contributed by atoms with Crippen LogP contribution in [0.15, 0.2) is 48.6 Å². The second kappa shape index (κ2) is 8.99. The molecule has 1 amide bonds. The molecule has 2 N–H and O–H groups in total. The van der Waals surface area contributed by atoms with E-state index in [0.29, 0.717) is 27.1 Å². The lowest BCUT2D eigenvalue weighted by molar-refractivity contribution is -0.139. The van der Waals surface area contributed by atoms with E-state index in [9.17, 15) is 14.7 Å². The first-order valence-corrected chi connectivity index (χ1v) is 9.22. The Morgan fingerprint density at radius 1 is 1.04 bits per heavy atom. The minimum Gasteiger partial charge on any atom is -0.489 e. The van der Waals surface area contributed by atoms with Crippen LogP contribution in [0.3, 0.4) is 0 Å². The highest BCUT2D eigenvalue weighted by atomic mass is 35.5. The average molecular weight is 422 g/mol. The lowest BCUT2D eigenvalue weighted by Crippen LogP contribution is -2.42. The van der Waals surface area contributed by atoms with Gasteiger partial charge in [0, 0.05) is 11.4 Å². The Kier molecular flexibility index (Phi) is 6.44. The van der Waals surface area contributed by atoms with E-state index in [4.69, 9.17) is 32.7 Å². The van der Waals surface area contributed by atoms with Crippen molar-refractivity contribution in [2.24, 2.45) is 0 Å². The second-order valence-corrected chi connectivity index (χ2v) is 6.91. The number of ether oxygens (including phenoxy) is 2. The van der Waals surface area contributed by atoms with Crippen molar-refractivity contribution in [3.8, 4) is 11.5 Å². The molecule has 28 heavy (non-hydrogen) atoms. The minimum atomic E-state index is -1.17. The van der Waals surface area contributed by atoms with Crippen molar-refractivity contribution in [1.29, 1.82) is 0 Å². The molecule has 0 spiro atoms. The molecule has 8 heteroatoms. The first-order valence-electron chi connectivity index (χ1n) is 8.46. The highest BCUT2D eigenvalue weighted by molar-refractivity contribution is 6.32. The lowest BCUT2D eigenvalue weighted by Gasteiger charge is -2.17. The van der Waals surface area contributed by atoms with Crippen LogP contribution in [0.4, 0.5) is 0 Å². The van der Waals surface area contributed by atoms with Gasteiger partial charge in [-0.15, -0.1) is 0 Å². The van der Waals surface area contributed by atoms with E-state index in [0.717, 1.165) is 0 Å². The van der Waals surface area contributed by atoms with Crippen molar-refractivity contribution in [2.45, 2.75) is 12.5 Å². The topological polar surface area (TPSA) is 84.9 Å². The third kappa shape index (κ3) is 4.97. The zero-order valence-corrected chi connectivity index (χ0v) is 16.2. The van der Waals surface area contributed by atoms with E-state index in [-0.39, 0.29) is 25.2 Å². The van der Waals surface area contributed by atoms with E-state index in [1.807, 2.05) is 0 Å². The molecule has 0 saturated carbocycles.